The van der Waals surface area contributed by atoms with Crippen LogP contribution < -0.4 is 0 Å². The topological polar surface area (TPSA) is 68.5 Å². The van der Waals surface area contributed by atoms with Crippen LogP contribution in [-0.2, 0) is 10.4 Å². The van der Waals surface area contributed by atoms with Gasteiger partial charge < -0.3 is 14.1 Å². The number of rotatable bonds is 3. The number of ether oxygens (including phenoxy) is 1. The number of hydrogen-bond donors (Lipinski definition) is 0. The second-order valence-electron chi connectivity index (χ2n) is 8.83. The number of benzene rings is 2. The maximum absolute atomic E-state index is 15.8. The summed E-state index contributed by atoms with van der Waals surface area (Å²) in [4.78, 5) is 13.8. The number of hydrogen-bond acceptors (Lipinski definition) is 5. The molecule has 0 radical (unpaired) electrons. The predicted octanol–water partition coefficient (Wildman–Crippen LogP) is 5.60. The van der Waals surface area contributed by atoms with E-state index in [-0.39, 0.29) is 24.7 Å². The zero-order chi connectivity index (χ0) is 22.1. The highest BCUT2D eigenvalue weighted by Gasteiger charge is 2.44. The summed E-state index contributed by atoms with van der Waals surface area (Å²) >= 11 is 0. The first-order chi connectivity index (χ1) is 14.7. The van der Waals surface area contributed by atoms with Gasteiger partial charge in [0.1, 0.15) is 5.60 Å². The predicted molar refractivity (Wildman–Crippen MR) is 115 cm³/mol. The van der Waals surface area contributed by atoms with Crippen molar-refractivity contribution in [3.05, 3.63) is 60.5 Å². The molecule has 1 aliphatic heterocycles. The number of carbonyl (C=O) groups excluding carboxylic acids is 1. The molecule has 0 bridgehead atoms. The monoisotopic (exact) mass is 423 g/mol. The smallest absolute Gasteiger partial charge is 0.410 e. The SMILES string of the molecule is CC(C)(C)OC(=O)N1CCCC(F)(c2nnc(-c3cccc(-c4ccccc4)c3)o2)C1. The summed E-state index contributed by atoms with van der Waals surface area (Å²) in [5, 5.41) is 8.07. The molecule has 2 heterocycles. The molecule has 1 aliphatic rings. The van der Waals surface area contributed by atoms with E-state index in [0.717, 1.165) is 11.1 Å². The van der Waals surface area contributed by atoms with Gasteiger partial charge in [-0.25, -0.2) is 9.18 Å². The molecule has 1 unspecified atom stereocenters. The molecule has 1 aromatic heterocycles. The van der Waals surface area contributed by atoms with E-state index in [2.05, 4.69) is 10.2 Å². The maximum atomic E-state index is 15.8. The number of nitrogens with zero attached hydrogens (tertiary/aromatic N) is 3. The Kier molecular flexibility index (Phi) is 5.52. The van der Waals surface area contributed by atoms with Crippen molar-refractivity contribution in [2.24, 2.45) is 0 Å². The Hall–Kier alpha value is -3.22. The highest BCUT2D eigenvalue weighted by atomic mass is 19.1. The third kappa shape index (κ3) is 4.76. The lowest BCUT2D eigenvalue weighted by Crippen LogP contribution is -2.48. The summed E-state index contributed by atoms with van der Waals surface area (Å²) in [6.45, 7) is 5.61. The van der Waals surface area contributed by atoms with Crippen molar-refractivity contribution in [1.29, 1.82) is 0 Å². The largest absolute Gasteiger partial charge is 0.444 e. The number of alkyl halides is 1. The van der Waals surface area contributed by atoms with Crippen molar-refractivity contribution in [2.75, 3.05) is 13.1 Å². The lowest BCUT2D eigenvalue weighted by atomic mass is 9.95. The quantitative estimate of drug-likeness (QED) is 0.549. The summed E-state index contributed by atoms with van der Waals surface area (Å²) < 4.78 is 26.9. The van der Waals surface area contributed by atoms with Crippen molar-refractivity contribution in [3.63, 3.8) is 0 Å². The summed E-state index contributed by atoms with van der Waals surface area (Å²) in [6.07, 6.45) is 0.152. The molecule has 0 spiro atoms. The van der Waals surface area contributed by atoms with Gasteiger partial charge in [0.2, 0.25) is 11.6 Å². The van der Waals surface area contributed by atoms with Gasteiger partial charge in [0.05, 0.1) is 6.54 Å². The molecule has 1 fully saturated rings. The van der Waals surface area contributed by atoms with Crippen molar-refractivity contribution < 1.29 is 18.3 Å². The Bertz CT molecular complexity index is 1060. The molecule has 162 valence electrons. The highest BCUT2D eigenvalue weighted by molar-refractivity contribution is 5.70. The minimum Gasteiger partial charge on any atom is -0.444 e. The number of aromatic nitrogens is 2. The molecule has 2 aromatic carbocycles. The van der Waals surface area contributed by atoms with Crippen LogP contribution in [0.15, 0.2) is 59.0 Å². The molecule has 3 aromatic rings. The van der Waals surface area contributed by atoms with E-state index in [1.54, 1.807) is 20.8 Å². The van der Waals surface area contributed by atoms with Crippen LogP contribution in [0.2, 0.25) is 0 Å². The molecule has 4 rings (SSSR count). The number of piperidine rings is 1. The van der Waals surface area contributed by atoms with E-state index >= 15 is 4.39 Å². The molecular weight excluding hydrogens is 397 g/mol. The second-order valence-corrected chi connectivity index (χ2v) is 8.83. The minimum absolute atomic E-state index is 0.110. The Morgan fingerprint density at radius 1 is 1.06 bits per heavy atom. The van der Waals surface area contributed by atoms with Gasteiger partial charge in [-0.15, -0.1) is 10.2 Å². The van der Waals surface area contributed by atoms with E-state index in [1.165, 1.54) is 4.90 Å². The third-order valence-electron chi connectivity index (χ3n) is 5.12. The Balaban J connectivity index is 1.55. The number of halogens is 1. The summed E-state index contributed by atoms with van der Waals surface area (Å²) in [5.74, 6) is 0.139. The van der Waals surface area contributed by atoms with Crippen LogP contribution in [0.3, 0.4) is 0 Å². The van der Waals surface area contributed by atoms with Crippen LogP contribution in [0.4, 0.5) is 9.18 Å². The zero-order valence-electron chi connectivity index (χ0n) is 18.0. The fourth-order valence-electron chi connectivity index (χ4n) is 3.65. The van der Waals surface area contributed by atoms with Gasteiger partial charge in [-0.2, -0.15) is 0 Å². The van der Waals surface area contributed by atoms with Crippen LogP contribution in [0.1, 0.15) is 39.5 Å². The number of carbonyl (C=O) groups is 1. The average molecular weight is 423 g/mol. The molecule has 7 heteroatoms. The average Bonchev–Trinajstić information content (AvgIpc) is 3.25. The van der Waals surface area contributed by atoms with Gasteiger partial charge in [0.25, 0.3) is 5.89 Å². The minimum atomic E-state index is -1.91. The highest BCUT2D eigenvalue weighted by Crippen LogP contribution is 2.37. The molecule has 1 atom stereocenters. The van der Waals surface area contributed by atoms with Gasteiger partial charge >= 0.3 is 6.09 Å². The summed E-state index contributed by atoms with van der Waals surface area (Å²) in [7, 11) is 0. The van der Waals surface area contributed by atoms with Crippen LogP contribution in [0, 0.1) is 0 Å². The van der Waals surface area contributed by atoms with Gasteiger partial charge in [-0.1, -0.05) is 42.5 Å². The molecule has 6 nitrogen and oxygen atoms in total. The Labute approximate surface area is 181 Å². The van der Waals surface area contributed by atoms with Gasteiger partial charge in [-0.3, -0.25) is 0 Å². The zero-order valence-corrected chi connectivity index (χ0v) is 18.0. The first-order valence-corrected chi connectivity index (χ1v) is 10.4. The Morgan fingerprint density at radius 3 is 2.52 bits per heavy atom. The van der Waals surface area contributed by atoms with Crippen molar-refractivity contribution in [2.45, 2.75) is 44.9 Å². The van der Waals surface area contributed by atoms with E-state index in [4.69, 9.17) is 9.15 Å². The molecule has 0 saturated carbocycles. The fourth-order valence-corrected chi connectivity index (χ4v) is 3.65. The lowest BCUT2D eigenvalue weighted by Gasteiger charge is -2.36. The first-order valence-electron chi connectivity index (χ1n) is 10.4. The van der Waals surface area contributed by atoms with E-state index in [9.17, 15) is 4.79 Å². The lowest BCUT2D eigenvalue weighted by molar-refractivity contribution is -0.0144. The van der Waals surface area contributed by atoms with E-state index < -0.39 is 17.4 Å². The standard InChI is InChI=1S/C24H26FN3O3/c1-23(2,3)31-22(29)28-14-8-13-24(25,16-28)21-27-26-20(30-21)19-12-7-11-18(15-19)17-9-5-4-6-10-17/h4-7,9-12,15H,8,13-14,16H2,1-3H3. The first kappa shape index (κ1) is 21.0. The second kappa shape index (κ2) is 8.13. The molecule has 1 amide bonds. The van der Waals surface area contributed by atoms with Crippen LogP contribution in [0.25, 0.3) is 22.6 Å². The third-order valence-corrected chi connectivity index (χ3v) is 5.12. The van der Waals surface area contributed by atoms with E-state index in [0.29, 0.717) is 18.5 Å². The van der Waals surface area contributed by atoms with Gasteiger partial charge in [0, 0.05) is 12.1 Å². The van der Waals surface area contributed by atoms with Crippen LogP contribution in [0.5, 0.6) is 0 Å². The number of likely N-dealkylation sites (tertiary alicyclic amines) is 1. The van der Waals surface area contributed by atoms with Crippen molar-refractivity contribution in [3.8, 4) is 22.6 Å². The molecule has 0 N–H and O–H groups in total. The molecular formula is C24H26FN3O3. The van der Waals surface area contributed by atoms with Gasteiger partial charge in [0.15, 0.2) is 0 Å². The molecule has 1 saturated heterocycles. The van der Waals surface area contributed by atoms with E-state index in [1.807, 2.05) is 54.6 Å². The summed E-state index contributed by atoms with van der Waals surface area (Å²) in [5.41, 5.74) is 0.225. The molecule has 0 aliphatic carbocycles. The van der Waals surface area contributed by atoms with Gasteiger partial charge in [-0.05, 0) is 56.9 Å². The van der Waals surface area contributed by atoms with Crippen molar-refractivity contribution in [1.82, 2.24) is 15.1 Å². The van der Waals surface area contributed by atoms with Crippen LogP contribution >= 0.6 is 0 Å². The normalized spacial score (nSPS) is 19.3. The van der Waals surface area contributed by atoms with Crippen LogP contribution in [-0.4, -0.2) is 39.9 Å². The summed E-state index contributed by atoms with van der Waals surface area (Å²) in [6, 6.07) is 17.6. The Morgan fingerprint density at radius 2 is 1.77 bits per heavy atom. The molecule has 31 heavy (non-hydrogen) atoms. The number of amides is 1. The van der Waals surface area contributed by atoms with Crippen molar-refractivity contribution >= 4 is 6.09 Å². The maximum Gasteiger partial charge on any atom is 0.410 e. The fraction of sp³-hybridized carbons (Fsp3) is 0.375.